The van der Waals surface area contributed by atoms with Gasteiger partial charge >= 0.3 is 0 Å². The molecule has 0 unspecified atom stereocenters. The minimum atomic E-state index is -0.192. The van der Waals surface area contributed by atoms with Crippen molar-refractivity contribution in [2.24, 2.45) is 0 Å². The SMILES string of the molecule is CN(C)CCCC(=O)N[C@@H](c1ccncc1)c1ccc(Cl)cc1. The summed E-state index contributed by atoms with van der Waals surface area (Å²) in [4.78, 5) is 18.4. The third-order valence-corrected chi connectivity index (χ3v) is 3.81. The van der Waals surface area contributed by atoms with Crippen molar-refractivity contribution in [3.8, 4) is 0 Å². The van der Waals surface area contributed by atoms with Crippen LogP contribution >= 0.6 is 11.6 Å². The van der Waals surface area contributed by atoms with E-state index >= 15 is 0 Å². The number of halogens is 1. The van der Waals surface area contributed by atoms with Crippen LogP contribution in [0.2, 0.25) is 5.02 Å². The summed E-state index contributed by atoms with van der Waals surface area (Å²) in [6.07, 6.45) is 4.81. The van der Waals surface area contributed by atoms with Gasteiger partial charge in [0.2, 0.25) is 5.91 Å². The summed E-state index contributed by atoms with van der Waals surface area (Å²) in [6.45, 7) is 0.897. The van der Waals surface area contributed by atoms with Gasteiger partial charge in [-0.25, -0.2) is 0 Å². The first-order valence-electron chi connectivity index (χ1n) is 7.66. The second-order valence-electron chi connectivity index (χ2n) is 5.74. The van der Waals surface area contributed by atoms with E-state index in [2.05, 4.69) is 15.2 Å². The summed E-state index contributed by atoms with van der Waals surface area (Å²) in [5, 5.41) is 3.79. The molecular formula is C18H22ClN3O. The average molecular weight is 332 g/mol. The van der Waals surface area contributed by atoms with Gasteiger partial charge in [0.05, 0.1) is 6.04 Å². The highest BCUT2D eigenvalue weighted by Gasteiger charge is 2.16. The van der Waals surface area contributed by atoms with Gasteiger partial charge in [-0.05, 0) is 62.5 Å². The highest BCUT2D eigenvalue weighted by Crippen LogP contribution is 2.23. The molecule has 0 aliphatic carbocycles. The van der Waals surface area contributed by atoms with Gasteiger partial charge in [0, 0.05) is 23.8 Å². The fraction of sp³-hybridized carbons (Fsp3) is 0.333. The van der Waals surface area contributed by atoms with Crippen molar-refractivity contribution in [1.29, 1.82) is 0 Å². The average Bonchev–Trinajstić information content (AvgIpc) is 2.54. The van der Waals surface area contributed by atoms with E-state index in [1.807, 2.05) is 50.5 Å². The number of aromatic nitrogens is 1. The van der Waals surface area contributed by atoms with E-state index in [0.717, 1.165) is 24.1 Å². The number of nitrogens with zero attached hydrogens (tertiary/aromatic N) is 2. The smallest absolute Gasteiger partial charge is 0.220 e. The van der Waals surface area contributed by atoms with Crippen LogP contribution in [0.4, 0.5) is 0 Å². The molecule has 0 fully saturated rings. The Labute approximate surface area is 142 Å². The number of carbonyl (C=O) groups is 1. The van der Waals surface area contributed by atoms with Crippen LogP contribution in [0.3, 0.4) is 0 Å². The molecule has 1 atom stereocenters. The molecule has 0 bridgehead atoms. The molecule has 1 N–H and O–H groups in total. The minimum Gasteiger partial charge on any atom is -0.345 e. The third kappa shape index (κ3) is 5.66. The number of carbonyl (C=O) groups excluding carboxylic acids is 1. The number of amides is 1. The maximum Gasteiger partial charge on any atom is 0.220 e. The van der Waals surface area contributed by atoms with E-state index in [9.17, 15) is 4.79 Å². The Kier molecular flexibility index (Phi) is 6.56. The molecule has 0 aliphatic rings. The van der Waals surface area contributed by atoms with Crippen LogP contribution in [0.15, 0.2) is 48.8 Å². The lowest BCUT2D eigenvalue weighted by molar-refractivity contribution is -0.121. The van der Waals surface area contributed by atoms with Crippen LogP contribution in [0, 0.1) is 0 Å². The van der Waals surface area contributed by atoms with E-state index in [-0.39, 0.29) is 11.9 Å². The van der Waals surface area contributed by atoms with Gasteiger partial charge in [-0.2, -0.15) is 0 Å². The Bertz CT molecular complexity index is 614. The van der Waals surface area contributed by atoms with Crippen LogP contribution in [0.25, 0.3) is 0 Å². The fourth-order valence-corrected chi connectivity index (χ4v) is 2.49. The van der Waals surface area contributed by atoms with Crippen molar-refractivity contribution >= 4 is 17.5 Å². The molecule has 1 aromatic heterocycles. The van der Waals surface area contributed by atoms with Crippen molar-refractivity contribution in [3.63, 3.8) is 0 Å². The molecule has 0 aliphatic heterocycles. The van der Waals surface area contributed by atoms with Crippen LogP contribution < -0.4 is 5.32 Å². The third-order valence-electron chi connectivity index (χ3n) is 3.56. The molecule has 1 aromatic carbocycles. The zero-order chi connectivity index (χ0) is 16.7. The summed E-state index contributed by atoms with van der Waals surface area (Å²) in [5.41, 5.74) is 2.00. The van der Waals surface area contributed by atoms with Crippen molar-refractivity contribution in [1.82, 2.24) is 15.2 Å². The maximum absolute atomic E-state index is 12.3. The molecule has 1 heterocycles. The topological polar surface area (TPSA) is 45.2 Å². The van der Waals surface area contributed by atoms with Crippen molar-refractivity contribution in [2.45, 2.75) is 18.9 Å². The molecule has 0 spiro atoms. The van der Waals surface area contributed by atoms with E-state index in [0.29, 0.717) is 11.4 Å². The second kappa shape index (κ2) is 8.65. The Morgan fingerprint density at radius 1 is 1.13 bits per heavy atom. The van der Waals surface area contributed by atoms with Gasteiger partial charge in [0.1, 0.15) is 0 Å². The molecule has 23 heavy (non-hydrogen) atoms. The van der Waals surface area contributed by atoms with Gasteiger partial charge < -0.3 is 10.2 Å². The number of nitrogens with one attached hydrogen (secondary N) is 1. The molecule has 5 heteroatoms. The lowest BCUT2D eigenvalue weighted by Gasteiger charge is -2.20. The first-order valence-corrected chi connectivity index (χ1v) is 8.03. The molecular weight excluding hydrogens is 310 g/mol. The van der Waals surface area contributed by atoms with Gasteiger partial charge in [-0.1, -0.05) is 23.7 Å². The second-order valence-corrected chi connectivity index (χ2v) is 6.18. The van der Waals surface area contributed by atoms with E-state index in [4.69, 9.17) is 11.6 Å². The van der Waals surface area contributed by atoms with Crippen LogP contribution in [-0.4, -0.2) is 36.4 Å². The van der Waals surface area contributed by atoms with Gasteiger partial charge in [0.25, 0.3) is 0 Å². The van der Waals surface area contributed by atoms with Crippen LogP contribution in [0.1, 0.15) is 30.0 Å². The normalized spacial score (nSPS) is 12.2. The molecule has 0 saturated heterocycles. The molecule has 122 valence electrons. The Morgan fingerprint density at radius 3 is 2.35 bits per heavy atom. The lowest BCUT2D eigenvalue weighted by atomic mass is 9.99. The van der Waals surface area contributed by atoms with E-state index in [1.165, 1.54) is 0 Å². The number of pyridine rings is 1. The first kappa shape index (κ1) is 17.4. The van der Waals surface area contributed by atoms with Crippen LogP contribution in [-0.2, 0) is 4.79 Å². The van der Waals surface area contributed by atoms with Crippen molar-refractivity contribution in [2.75, 3.05) is 20.6 Å². The quantitative estimate of drug-likeness (QED) is 0.846. The number of hydrogen-bond acceptors (Lipinski definition) is 3. The van der Waals surface area contributed by atoms with Crippen molar-refractivity contribution < 1.29 is 4.79 Å². The van der Waals surface area contributed by atoms with E-state index < -0.39 is 0 Å². The van der Waals surface area contributed by atoms with Gasteiger partial charge in [-0.3, -0.25) is 9.78 Å². The summed E-state index contributed by atoms with van der Waals surface area (Å²) < 4.78 is 0. The van der Waals surface area contributed by atoms with E-state index in [1.54, 1.807) is 12.4 Å². The molecule has 2 rings (SSSR count). The Hall–Kier alpha value is -1.91. The first-order chi connectivity index (χ1) is 11.1. The zero-order valence-corrected chi connectivity index (χ0v) is 14.3. The van der Waals surface area contributed by atoms with Gasteiger partial charge in [0.15, 0.2) is 0 Å². The summed E-state index contributed by atoms with van der Waals surface area (Å²) in [7, 11) is 4.01. The summed E-state index contributed by atoms with van der Waals surface area (Å²) in [6, 6.07) is 11.2. The predicted molar refractivity (Wildman–Crippen MR) is 93.5 cm³/mol. The zero-order valence-electron chi connectivity index (χ0n) is 13.5. The Morgan fingerprint density at radius 2 is 1.74 bits per heavy atom. The fourth-order valence-electron chi connectivity index (χ4n) is 2.36. The molecule has 2 aromatic rings. The molecule has 0 saturated carbocycles. The molecule has 1 amide bonds. The number of benzene rings is 1. The van der Waals surface area contributed by atoms with Gasteiger partial charge in [-0.15, -0.1) is 0 Å². The Balaban J connectivity index is 2.11. The van der Waals surface area contributed by atoms with Crippen molar-refractivity contribution in [3.05, 3.63) is 64.9 Å². The lowest BCUT2D eigenvalue weighted by Crippen LogP contribution is -2.29. The summed E-state index contributed by atoms with van der Waals surface area (Å²) in [5.74, 6) is 0.0450. The highest BCUT2D eigenvalue weighted by molar-refractivity contribution is 6.30. The highest BCUT2D eigenvalue weighted by atomic mass is 35.5. The summed E-state index contributed by atoms with van der Waals surface area (Å²) >= 11 is 5.96. The standard InChI is InChI=1S/C18H22ClN3O/c1-22(2)13-3-4-17(23)21-18(15-9-11-20-12-10-15)14-5-7-16(19)8-6-14/h5-12,18H,3-4,13H2,1-2H3,(H,21,23)/t18-/m1/s1. The number of rotatable bonds is 7. The predicted octanol–water partition coefficient (Wildman–Crippen LogP) is 3.28. The maximum atomic E-state index is 12.3. The largest absolute Gasteiger partial charge is 0.345 e. The number of hydrogen-bond donors (Lipinski definition) is 1. The van der Waals surface area contributed by atoms with Crippen LogP contribution in [0.5, 0.6) is 0 Å². The minimum absolute atomic E-state index is 0.0450. The monoisotopic (exact) mass is 331 g/mol. The molecule has 0 radical (unpaired) electrons. The molecule has 4 nitrogen and oxygen atoms in total.